The molecule has 1 aromatic rings. The van der Waals surface area contributed by atoms with E-state index in [0.717, 1.165) is 0 Å². The van der Waals surface area contributed by atoms with Crippen LogP contribution in [0, 0.1) is 5.82 Å². The minimum atomic E-state index is -0.579. The molecule has 0 aliphatic heterocycles. The van der Waals surface area contributed by atoms with Gasteiger partial charge in [-0.15, -0.1) is 0 Å². The van der Waals surface area contributed by atoms with Crippen LogP contribution in [0.15, 0.2) is 12.1 Å². The molecule has 0 radical (unpaired) electrons. The van der Waals surface area contributed by atoms with Gasteiger partial charge in [0.2, 0.25) is 0 Å². The van der Waals surface area contributed by atoms with Crippen molar-refractivity contribution < 1.29 is 14.2 Å². The first kappa shape index (κ1) is 11.8. The third-order valence-electron chi connectivity index (χ3n) is 2.04. The SMILES string of the molecule is COc1ccc(O)c(CC(C)(C)N)c1F. The number of hydrogen-bond donors (Lipinski definition) is 2. The molecule has 1 rings (SSSR count). The van der Waals surface area contributed by atoms with Gasteiger partial charge in [0.15, 0.2) is 11.6 Å². The second kappa shape index (κ2) is 4.06. The van der Waals surface area contributed by atoms with Crippen molar-refractivity contribution in [3.05, 3.63) is 23.5 Å². The summed E-state index contributed by atoms with van der Waals surface area (Å²) in [5.41, 5.74) is 5.40. The molecule has 0 unspecified atom stereocenters. The van der Waals surface area contributed by atoms with E-state index in [1.165, 1.54) is 19.2 Å². The first-order valence-electron chi connectivity index (χ1n) is 4.68. The molecule has 1 aromatic carbocycles. The fraction of sp³-hybridized carbons (Fsp3) is 0.455. The van der Waals surface area contributed by atoms with E-state index in [1.807, 2.05) is 0 Å². The number of methoxy groups -OCH3 is 1. The average Bonchev–Trinajstić information content (AvgIpc) is 2.11. The largest absolute Gasteiger partial charge is 0.508 e. The normalized spacial score (nSPS) is 11.5. The van der Waals surface area contributed by atoms with Crippen molar-refractivity contribution in [1.82, 2.24) is 0 Å². The third kappa shape index (κ3) is 2.83. The number of phenolic OH excluding ortho intramolecular Hbond substituents is 1. The lowest BCUT2D eigenvalue weighted by molar-refractivity contribution is 0.373. The van der Waals surface area contributed by atoms with Crippen molar-refractivity contribution in [2.45, 2.75) is 25.8 Å². The van der Waals surface area contributed by atoms with E-state index in [0.29, 0.717) is 0 Å². The lowest BCUT2D eigenvalue weighted by Gasteiger charge is -2.20. The summed E-state index contributed by atoms with van der Waals surface area (Å²) in [5, 5.41) is 9.52. The summed E-state index contributed by atoms with van der Waals surface area (Å²) < 4.78 is 18.6. The van der Waals surface area contributed by atoms with Gasteiger partial charge in [-0.25, -0.2) is 4.39 Å². The first-order valence-corrected chi connectivity index (χ1v) is 4.68. The van der Waals surface area contributed by atoms with Crippen molar-refractivity contribution in [3.8, 4) is 11.5 Å². The highest BCUT2D eigenvalue weighted by Crippen LogP contribution is 2.30. The van der Waals surface area contributed by atoms with E-state index < -0.39 is 11.4 Å². The predicted molar refractivity (Wildman–Crippen MR) is 56.6 cm³/mol. The molecule has 0 spiro atoms. The molecule has 0 fully saturated rings. The number of nitrogens with two attached hydrogens (primary N) is 1. The summed E-state index contributed by atoms with van der Waals surface area (Å²) >= 11 is 0. The van der Waals surface area contributed by atoms with Gasteiger partial charge in [-0.1, -0.05) is 0 Å². The molecule has 0 atom stereocenters. The molecule has 3 nitrogen and oxygen atoms in total. The van der Waals surface area contributed by atoms with Crippen LogP contribution in [0.4, 0.5) is 4.39 Å². The molecule has 0 aliphatic rings. The standard InChI is InChI=1S/C11H16FNO2/c1-11(2,13)6-7-8(14)4-5-9(15-3)10(7)12/h4-5,14H,6,13H2,1-3H3. The summed E-state index contributed by atoms with van der Waals surface area (Å²) in [4.78, 5) is 0. The number of ether oxygens (including phenoxy) is 1. The van der Waals surface area contributed by atoms with Gasteiger partial charge in [-0.2, -0.15) is 0 Å². The maximum Gasteiger partial charge on any atom is 0.171 e. The van der Waals surface area contributed by atoms with E-state index in [9.17, 15) is 9.50 Å². The average molecular weight is 213 g/mol. The second-order valence-corrected chi connectivity index (χ2v) is 4.24. The second-order valence-electron chi connectivity index (χ2n) is 4.24. The molecule has 84 valence electrons. The summed E-state index contributed by atoms with van der Waals surface area (Å²) in [6.45, 7) is 3.54. The Morgan fingerprint density at radius 2 is 2.07 bits per heavy atom. The zero-order valence-electron chi connectivity index (χ0n) is 9.17. The Morgan fingerprint density at radius 1 is 1.47 bits per heavy atom. The smallest absolute Gasteiger partial charge is 0.171 e. The van der Waals surface area contributed by atoms with E-state index in [-0.39, 0.29) is 23.5 Å². The summed E-state index contributed by atoms with van der Waals surface area (Å²) in [6, 6.07) is 2.79. The first-order chi connectivity index (χ1) is 6.85. The molecular formula is C11H16FNO2. The highest BCUT2D eigenvalue weighted by atomic mass is 19.1. The van der Waals surface area contributed by atoms with Crippen LogP contribution in [0.1, 0.15) is 19.4 Å². The zero-order valence-corrected chi connectivity index (χ0v) is 9.17. The van der Waals surface area contributed by atoms with Gasteiger partial charge in [0.1, 0.15) is 5.75 Å². The van der Waals surface area contributed by atoms with Crippen LogP contribution >= 0.6 is 0 Å². The minimum Gasteiger partial charge on any atom is -0.508 e. The lowest BCUT2D eigenvalue weighted by Crippen LogP contribution is -2.34. The minimum absolute atomic E-state index is 0.0909. The molecule has 0 aromatic heterocycles. The molecule has 0 amide bonds. The van der Waals surface area contributed by atoms with Crippen LogP contribution in [0.2, 0.25) is 0 Å². The molecule has 0 bridgehead atoms. The quantitative estimate of drug-likeness (QED) is 0.805. The molecule has 0 saturated carbocycles. The van der Waals surface area contributed by atoms with Gasteiger partial charge >= 0.3 is 0 Å². The van der Waals surface area contributed by atoms with Crippen LogP contribution in [-0.4, -0.2) is 17.8 Å². The molecule has 3 N–H and O–H groups in total. The molecule has 0 aliphatic carbocycles. The molecule has 0 heterocycles. The Labute approximate surface area is 88.7 Å². The Kier molecular flexibility index (Phi) is 3.19. The highest BCUT2D eigenvalue weighted by Gasteiger charge is 2.20. The fourth-order valence-electron chi connectivity index (χ4n) is 1.37. The molecule has 4 heteroatoms. The summed E-state index contributed by atoms with van der Waals surface area (Å²) in [5.74, 6) is -0.519. The van der Waals surface area contributed by atoms with Gasteiger partial charge < -0.3 is 15.6 Å². The van der Waals surface area contributed by atoms with Gasteiger partial charge in [0.25, 0.3) is 0 Å². The highest BCUT2D eigenvalue weighted by molar-refractivity contribution is 5.41. The van der Waals surface area contributed by atoms with Crippen LogP contribution in [0.25, 0.3) is 0 Å². The van der Waals surface area contributed by atoms with E-state index in [2.05, 4.69) is 0 Å². The topological polar surface area (TPSA) is 55.5 Å². The van der Waals surface area contributed by atoms with Crippen molar-refractivity contribution in [3.63, 3.8) is 0 Å². The van der Waals surface area contributed by atoms with Crippen LogP contribution in [0.3, 0.4) is 0 Å². The number of benzene rings is 1. The Hall–Kier alpha value is -1.29. The fourth-order valence-corrected chi connectivity index (χ4v) is 1.37. The van der Waals surface area contributed by atoms with Crippen molar-refractivity contribution >= 4 is 0 Å². The van der Waals surface area contributed by atoms with E-state index in [1.54, 1.807) is 13.8 Å². The molecule has 15 heavy (non-hydrogen) atoms. The Bertz CT molecular complexity index is 358. The zero-order chi connectivity index (χ0) is 11.6. The maximum absolute atomic E-state index is 13.7. The molecular weight excluding hydrogens is 197 g/mol. The van der Waals surface area contributed by atoms with Crippen molar-refractivity contribution in [2.24, 2.45) is 5.73 Å². The lowest BCUT2D eigenvalue weighted by atomic mass is 9.95. The number of rotatable bonds is 3. The van der Waals surface area contributed by atoms with Crippen LogP contribution in [0.5, 0.6) is 11.5 Å². The third-order valence-corrected chi connectivity index (χ3v) is 2.04. The summed E-state index contributed by atoms with van der Waals surface area (Å²) in [7, 11) is 1.38. The van der Waals surface area contributed by atoms with Gasteiger partial charge in [-0.3, -0.25) is 0 Å². The van der Waals surface area contributed by atoms with Gasteiger partial charge in [0.05, 0.1) is 7.11 Å². The predicted octanol–water partition coefficient (Wildman–Crippen LogP) is 1.82. The van der Waals surface area contributed by atoms with Gasteiger partial charge in [-0.05, 0) is 32.4 Å². The Balaban J connectivity index is 3.15. The van der Waals surface area contributed by atoms with E-state index >= 15 is 0 Å². The van der Waals surface area contributed by atoms with Gasteiger partial charge in [0, 0.05) is 11.1 Å². The maximum atomic E-state index is 13.7. The number of halogens is 1. The number of hydrogen-bond acceptors (Lipinski definition) is 3. The number of aromatic hydroxyl groups is 1. The van der Waals surface area contributed by atoms with Crippen LogP contribution < -0.4 is 10.5 Å². The van der Waals surface area contributed by atoms with E-state index in [4.69, 9.17) is 10.5 Å². The van der Waals surface area contributed by atoms with Crippen LogP contribution in [-0.2, 0) is 6.42 Å². The summed E-state index contributed by atoms with van der Waals surface area (Å²) in [6.07, 6.45) is 0.252. The number of phenols is 1. The molecule has 0 saturated heterocycles. The van der Waals surface area contributed by atoms with Crippen molar-refractivity contribution in [2.75, 3.05) is 7.11 Å². The monoisotopic (exact) mass is 213 g/mol. The van der Waals surface area contributed by atoms with Crippen molar-refractivity contribution in [1.29, 1.82) is 0 Å². The Morgan fingerprint density at radius 3 is 2.53 bits per heavy atom.